The minimum absolute atomic E-state index is 0.672. The van der Waals surface area contributed by atoms with Crippen LogP contribution in [0.15, 0.2) is 55.3 Å². The maximum atomic E-state index is 5.69. The van der Waals surface area contributed by atoms with E-state index in [2.05, 4.69) is 42.4 Å². The van der Waals surface area contributed by atoms with E-state index in [0.717, 1.165) is 22.4 Å². The first kappa shape index (κ1) is 20.6. The molecule has 0 saturated heterocycles. The standard InChI is InChI=1S/C17H18N2.C2H6.CH5N/c1-4-5-13(3)15-8-6-12(2)10-16(15)17-9-7-14(18)11-19-17;2*1-2/h4-11H,3,18H2,1-2H3;1-2H3;2H2,1H3/b5-4-;;. The Morgan fingerprint density at radius 2 is 1.78 bits per heavy atom. The van der Waals surface area contributed by atoms with Gasteiger partial charge in [-0.3, -0.25) is 4.98 Å². The number of hydrogen-bond acceptors (Lipinski definition) is 3. The predicted molar refractivity (Wildman–Crippen MR) is 104 cm³/mol. The van der Waals surface area contributed by atoms with Crippen LogP contribution in [-0.2, 0) is 0 Å². The van der Waals surface area contributed by atoms with Crippen LogP contribution in [0, 0.1) is 6.92 Å². The van der Waals surface area contributed by atoms with E-state index in [0.29, 0.717) is 5.69 Å². The highest BCUT2D eigenvalue weighted by atomic mass is 14.7. The summed E-state index contributed by atoms with van der Waals surface area (Å²) in [6.45, 7) is 12.2. The van der Waals surface area contributed by atoms with Crippen molar-refractivity contribution in [2.45, 2.75) is 27.7 Å². The summed E-state index contributed by atoms with van der Waals surface area (Å²) in [5.41, 5.74) is 16.1. The maximum absolute atomic E-state index is 5.69. The molecule has 0 aliphatic carbocycles. The Bertz CT molecular complexity index is 626. The monoisotopic (exact) mass is 311 g/mol. The van der Waals surface area contributed by atoms with Gasteiger partial charge in [0.2, 0.25) is 0 Å². The molecule has 0 radical (unpaired) electrons. The zero-order chi connectivity index (χ0) is 17.8. The van der Waals surface area contributed by atoms with Gasteiger partial charge < -0.3 is 11.5 Å². The van der Waals surface area contributed by atoms with E-state index in [-0.39, 0.29) is 0 Å². The summed E-state index contributed by atoms with van der Waals surface area (Å²) in [7, 11) is 1.50. The molecule has 0 saturated carbocycles. The van der Waals surface area contributed by atoms with Crippen molar-refractivity contribution < 1.29 is 0 Å². The fourth-order valence-corrected chi connectivity index (χ4v) is 2.01. The van der Waals surface area contributed by atoms with Crippen molar-refractivity contribution >= 4 is 11.3 Å². The first-order valence-corrected chi connectivity index (χ1v) is 7.84. The molecule has 0 aliphatic heterocycles. The molecule has 0 fully saturated rings. The topological polar surface area (TPSA) is 64.9 Å². The summed E-state index contributed by atoms with van der Waals surface area (Å²) in [5.74, 6) is 0. The zero-order valence-corrected chi connectivity index (χ0v) is 14.9. The van der Waals surface area contributed by atoms with Gasteiger partial charge in [0.15, 0.2) is 0 Å². The molecule has 124 valence electrons. The van der Waals surface area contributed by atoms with E-state index in [1.807, 2.05) is 45.1 Å². The molecule has 3 heteroatoms. The Kier molecular flexibility index (Phi) is 10.0. The van der Waals surface area contributed by atoms with Gasteiger partial charge in [-0.15, -0.1) is 0 Å². The molecule has 0 spiro atoms. The Morgan fingerprint density at radius 1 is 1.13 bits per heavy atom. The average Bonchev–Trinajstić information content (AvgIpc) is 2.59. The molecule has 0 amide bonds. The quantitative estimate of drug-likeness (QED) is 0.798. The molecule has 1 aromatic heterocycles. The number of pyridine rings is 1. The van der Waals surface area contributed by atoms with Crippen LogP contribution < -0.4 is 11.5 Å². The second-order valence-corrected chi connectivity index (χ2v) is 4.55. The summed E-state index contributed by atoms with van der Waals surface area (Å²) < 4.78 is 0. The van der Waals surface area contributed by atoms with Gasteiger partial charge >= 0.3 is 0 Å². The second-order valence-electron chi connectivity index (χ2n) is 4.55. The third-order valence-corrected chi connectivity index (χ3v) is 2.95. The molecule has 1 heterocycles. The number of anilines is 1. The van der Waals surface area contributed by atoms with Gasteiger partial charge in [-0.1, -0.05) is 50.3 Å². The highest BCUT2D eigenvalue weighted by Crippen LogP contribution is 2.29. The average molecular weight is 311 g/mol. The molecule has 0 aliphatic rings. The Hall–Kier alpha value is -2.39. The Balaban J connectivity index is 0.00000112. The number of aromatic nitrogens is 1. The van der Waals surface area contributed by atoms with Crippen LogP contribution in [0.4, 0.5) is 5.69 Å². The van der Waals surface area contributed by atoms with Crippen molar-refractivity contribution in [3.63, 3.8) is 0 Å². The molecule has 0 unspecified atom stereocenters. The van der Waals surface area contributed by atoms with Crippen LogP contribution in [0.5, 0.6) is 0 Å². The van der Waals surface area contributed by atoms with Crippen molar-refractivity contribution in [2.75, 3.05) is 12.8 Å². The van der Waals surface area contributed by atoms with Crippen LogP contribution in [-0.4, -0.2) is 12.0 Å². The van der Waals surface area contributed by atoms with E-state index >= 15 is 0 Å². The molecule has 1 aromatic carbocycles. The van der Waals surface area contributed by atoms with E-state index in [1.54, 1.807) is 6.20 Å². The number of benzene rings is 1. The Labute approximate surface area is 140 Å². The first-order chi connectivity index (χ1) is 11.1. The number of hydrogen-bond donors (Lipinski definition) is 2. The fraction of sp³-hybridized carbons (Fsp3) is 0.250. The van der Waals surface area contributed by atoms with Gasteiger partial charge in [0.25, 0.3) is 0 Å². The van der Waals surface area contributed by atoms with Gasteiger partial charge in [-0.05, 0) is 50.2 Å². The molecule has 2 rings (SSSR count). The lowest BCUT2D eigenvalue weighted by Gasteiger charge is -2.10. The summed E-state index contributed by atoms with van der Waals surface area (Å²) >= 11 is 0. The van der Waals surface area contributed by atoms with Gasteiger partial charge in [-0.25, -0.2) is 0 Å². The lowest BCUT2D eigenvalue weighted by molar-refractivity contribution is 1.31. The number of rotatable bonds is 3. The van der Waals surface area contributed by atoms with Crippen LogP contribution in [0.25, 0.3) is 16.8 Å². The van der Waals surface area contributed by atoms with Crippen LogP contribution >= 0.6 is 0 Å². The largest absolute Gasteiger partial charge is 0.397 e. The third-order valence-electron chi connectivity index (χ3n) is 2.95. The van der Waals surface area contributed by atoms with Gasteiger partial charge in [0.05, 0.1) is 17.6 Å². The molecule has 4 N–H and O–H groups in total. The number of nitrogens with two attached hydrogens (primary N) is 2. The summed E-state index contributed by atoms with van der Waals surface area (Å²) in [4.78, 5) is 4.40. The molecular weight excluding hydrogens is 282 g/mol. The van der Waals surface area contributed by atoms with E-state index in [9.17, 15) is 0 Å². The van der Waals surface area contributed by atoms with Crippen molar-refractivity contribution in [2.24, 2.45) is 5.73 Å². The molecule has 3 nitrogen and oxygen atoms in total. The summed E-state index contributed by atoms with van der Waals surface area (Å²) in [5, 5.41) is 0. The van der Waals surface area contributed by atoms with Gasteiger partial charge in [0, 0.05) is 5.56 Å². The molecular formula is C20H29N3. The zero-order valence-electron chi connectivity index (χ0n) is 14.9. The van der Waals surface area contributed by atoms with Crippen molar-refractivity contribution in [3.05, 3.63) is 66.4 Å². The highest BCUT2D eigenvalue weighted by molar-refractivity contribution is 5.83. The fourth-order valence-electron chi connectivity index (χ4n) is 2.01. The molecule has 2 aromatic rings. The van der Waals surface area contributed by atoms with Crippen molar-refractivity contribution in [3.8, 4) is 11.3 Å². The van der Waals surface area contributed by atoms with Crippen LogP contribution in [0.2, 0.25) is 0 Å². The van der Waals surface area contributed by atoms with Crippen LogP contribution in [0.3, 0.4) is 0 Å². The first-order valence-electron chi connectivity index (χ1n) is 7.84. The number of nitrogens with zero attached hydrogens (tertiary/aromatic N) is 1. The number of allylic oxidation sites excluding steroid dienone is 3. The van der Waals surface area contributed by atoms with Crippen molar-refractivity contribution in [1.82, 2.24) is 4.98 Å². The smallest absolute Gasteiger partial charge is 0.0709 e. The molecule has 0 bridgehead atoms. The minimum atomic E-state index is 0.672. The van der Waals surface area contributed by atoms with E-state index in [1.165, 1.54) is 12.6 Å². The summed E-state index contributed by atoms with van der Waals surface area (Å²) in [6.07, 6.45) is 5.67. The molecule has 23 heavy (non-hydrogen) atoms. The van der Waals surface area contributed by atoms with E-state index < -0.39 is 0 Å². The highest BCUT2D eigenvalue weighted by Gasteiger charge is 2.08. The van der Waals surface area contributed by atoms with Crippen molar-refractivity contribution in [1.29, 1.82) is 0 Å². The molecule has 0 atom stereocenters. The lowest BCUT2D eigenvalue weighted by atomic mass is 9.96. The normalized spacial score (nSPS) is 9.48. The van der Waals surface area contributed by atoms with Crippen LogP contribution in [0.1, 0.15) is 31.9 Å². The minimum Gasteiger partial charge on any atom is -0.397 e. The number of nitrogen functional groups attached to an aromatic ring is 1. The van der Waals surface area contributed by atoms with E-state index in [4.69, 9.17) is 5.73 Å². The van der Waals surface area contributed by atoms with Gasteiger partial charge in [-0.2, -0.15) is 0 Å². The predicted octanol–water partition coefficient (Wildman–Crippen LogP) is 4.83. The Morgan fingerprint density at radius 3 is 2.30 bits per heavy atom. The lowest BCUT2D eigenvalue weighted by Crippen LogP contribution is -1.92. The van der Waals surface area contributed by atoms with Gasteiger partial charge in [0.1, 0.15) is 0 Å². The number of aryl methyl sites for hydroxylation is 1. The second kappa shape index (κ2) is 11.2. The third kappa shape index (κ3) is 6.09. The summed E-state index contributed by atoms with van der Waals surface area (Å²) in [6, 6.07) is 10.1. The maximum Gasteiger partial charge on any atom is 0.0709 e. The SMILES string of the molecule is C=C(/C=C\C)c1ccc(C)cc1-c1ccc(N)cn1.CC.CN.